The van der Waals surface area contributed by atoms with Gasteiger partial charge in [0.05, 0.1) is 22.3 Å². The van der Waals surface area contributed by atoms with E-state index in [1.54, 1.807) is 23.1 Å². The minimum absolute atomic E-state index is 0.0536. The average Bonchev–Trinajstić information content (AvgIpc) is 3.24. The van der Waals surface area contributed by atoms with Crippen LogP contribution in [0.3, 0.4) is 0 Å². The first-order valence-corrected chi connectivity index (χ1v) is 9.85. The molecule has 9 nitrogen and oxygen atoms in total. The molecular formula is C18H17N5O4S. The third-order valence-corrected chi connectivity index (χ3v) is 5.76. The van der Waals surface area contributed by atoms with Crippen molar-refractivity contribution in [3.05, 3.63) is 65.0 Å². The van der Waals surface area contributed by atoms with E-state index in [0.29, 0.717) is 16.8 Å². The van der Waals surface area contributed by atoms with Crippen molar-refractivity contribution >= 4 is 21.1 Å². The molecule has 0 radical (unpaired) electrons. The number of sulfonamides is 1. The lowest BCUT2D eigenvalue weighted by Crippen LogP contribution is -2.23. The number of hydrogen-bond acceptors (Lipinski definition) is 6. The highest BCUT2D eigenvalue weighted by Crippen LogP contribution is 2.19. The molecule has 144 valence electrons. The second-order valence-electron chi connectivity index (χ2n) is 6.33. The van der Waals surface area contributed by atoms with E-state index in [4.69, 9.17) is 4.42 Å². The molecule has 0 bridgehead atoms. The lowest BCUT2D eigenvalue weighted by Gasteiger charge is -2.08. The van der Waals surface area contributed by atoms with Crippen molar-refractivity contribution in [1.82, 2.24) is 24.1 Å². The van der Waals surface area contributed by atoms with Gasteiger partial charge in [0.2, 0.25) is 10.0 Å². The summed E-state index contributed by atoms with van der Waals surface area (Å²) in [6.45, 7) is 0.0977. The zero-order valence-corrected chi connectivity index (χ0v) is 16.0. The average molecular weight is 399 g/mol. The SMILES string of the molecule is Cn1cc(-c2cc(CNS(=O)(=O)c3ccc4oc(=O)n(C)c4c3)ccn2)cn1. The summed E-state index contributed by atoms with van der Waals surface area (Å²) in [7, 11) is -0.438. The summed E-state index contributed by atoms with van der Waals surface area (Å²) < 4.78 is 35.9. The Kier molecular flexibility index (Phi) is 4.36. The van der Waals surface area contributed by atoms with E-state index >= 15 is 0 Å². The molecule has 1 N–H and O–H groups in total. The largest absolute Gasteiger partial charge is 0.419 e. The van der Waals surface area contributed by atoms with Crippen LogP contribution in [-0.2, 0) is 30.7 Å². The number of aromatic nitrogens is 4. The third-order valence-electron chi connectivity index (χ3n) is 4.36. The summed E-state index contributed by atoms with van der Waals surface area (Å²) in [6.07, 6.45) is 5.15. The van der Waals surface area contributed by atoms with E-state index in [2.05, 4.69) is 14.8 Å². The van der Waals surface area contributed by atoms with Crippen LogP contribution in [0.5, 0.6) is 0 Å². The van der Waals surface area contributed by atoms with Gasteiger partial charge in [0, 0.05) is 38.6 Å². The van der Waals surface area contributed by atoms with Gasteiger partial charge in [-0.2, -0.15) is 5.10 Å². The van der Waals surface area contributed by atoms with Gasteiger partial charge in [-0.3, -0.25) is 14.2 Å². The fourth-order valence-electron chi connectivity index (χ4n) is 2.83. The zero-order valence-electron chi connectivity index (χ0n) is 15.2. The quantitative estimate of drug-likeness (QED) is 0.543. The number of aryl methyl sites for hydroxylation is 2. The first-order chi connectivity index (χ1) is 13.3. The van der Waals surface area contributed by atoms with E-state index in [-0.39, 0.29) is 11.4 Å². The molecule has 0 atom stereocenters. The first kappa shape index (κ1) is 18.1. The number of nitrogens with one attached hydrogen (secondary N) is 1. The van der Waals surface area contributed by atoms with E-state index in [1.165, 1.54) is 29.8 Å². The smallest absolute Gasteiger partial charge is 0.408 e. The summed E-state index contributed by atoms with van der Waals surface area (Å²) in [5.41, 5.74) is 3.06. The first-order valence-electron chi connectivity index (χ1n) is 8.37. The Hall–Kier alpha value is -3.24. The molecule has 4 aromatic rings. The lowest BCUT2D eigenvalue weighted by molar-refractivity contribution is 0.528. The Morgan fingerprint density at radius 1 is 1.18 bits per heavy atom. The molecule has 1 aromatic carbocycles. The standard InChI is InChI=1S/C18H17N5O4S/c1-22-11-13(10-20-22)15-7-12(5-6-19-15)9-21-28(25,26)14-3-4-17-16(8-14)23(2)18(24)27-17/h3-8,10-11,21H,9H2,1-2H3. The number of hydrogen-bond donors (Lipinski definition) is 1. The van der Waals surface area contributed by atoms with Gasteiger partial charge in [-0.05, 0) is 35.9 Å². The number of benzene rings is 1. The van der Waals surface area contributed by atoms with Crippen LogP contribution >= 0.6 is 0 Å². The summed E-state index contributed by atoms with van der Waals surface area (Å²) in [5, 5.41) is 4.11. The fraction of sp³-hybridized carbons (Fsp3) is 0.167. The molecule has 0 saturated heterocycles. The summed E-state index contributed by atoms with van der Waals surface area (Å²) in [4.78, 5) is 15.9. The molecule has 3 heterocycles. The van der Waals surface area contributed by atoms with Crippen LogP contribution in [0.4, 0.5) is 0 Å². The molecule has 4 rings (SSSR count). The van der Waals surface area contributed by atoms with Crippen LogP contribution < -0.4 is 10.5 Å². The Bertz CT molecular complexity index is 1330. The Morgan fingerprint density at radius 2 is 2.00 bits per heavy atom. The van der Waals surface area contributed by atoms with E-state index in [1.807, 2.05) is 19.3 Å². The predicted molar refractivity (Wildman–Crippen MR) is 102 cm³/mol. The van der Waals surface area contributed by atoms with Gasteiger partial charge in [0.25, 0.3) is 0 Å². The lowest BCUT2D eigenvalue weighted by atomic mass is 10.2. The zero-order chi connectivity index (χ0) is 19.9. The van der Waals surface area contributed by atoms with Crippen molar-refractivity contribution in [3.63, 3.8) is 0 Å². The molecule has 10 heteroatoms. The van der Waals surface area contributed by atoms with Crippen molar-refractivity contribution in [2.45, 2.75) is 11.4 Å². The van der Waals surface area contributed by atoms with Crippen LogP contribution in [0.2, 0.25) is 0 Å². The second-order valence-corrected chi connectivity index (χ2v) is 8.10. The van der Waals surface area contributed by atoms with E-state index in [0.717, 1.165) is 11.1 Å². The molecule has 3 aromatic heterocycles. The number of oxazole rings is 1. The Labute approximate surface area is 160 Å². The van der Waals surface area contributed by atoms with Gasteiger partial charge in [-0.15, -0.1) is 0 Å². The summed E-state index contributed by atoms with van der Waals surface area (Å²) >= 11 is 0. The van der Waals surface area contributed by atoms with Crippen LogP contribution in [0.15, 0.2) is 63.0 Å². The van der Waals surface area contributed by atoms with Gasteiger partial charge in [-0.1, -0.05) is 0 Å². The summed E-state index contributed by atoms with van der Waals surface area (Å²) in [5.74, 6) is -0.544. The molecule has 28 heavy (non-hydrogen) atoms. The maximum Gasteiger partial charge on any atom is 0.419 e. The molecule has 0 fully saturated rings. The minimum Gasteiger partial charge on any atom is -0.408 e. The highest BCUT2D eigenvalue weighted by molar-refractivity contribution is 7.89. The van der Waals surface area contributed by atoms with Crippen LogP contribution in [0, 0.1) is 0 Å². The third kappa shape index (κ3) is 3.35. The Balaban J connectivity index is 1.57. The van der Waals surface area contributed by atoms with Crippen LogP contribution in [0.25, 0.3) is 22.4 Å². The highest BCUT2D eigenvalue weighted by atomic mass is 32.2. The normalized spacial score (nSPS) is 11.9. The molecule has 0 amide bonds. The van der Waals surface area contributed by atoms with Crippen molar-refractivity contribution in [2.75, 3.05) is 0 Å². The maximum atomic E-state index is 12.7. The predicted octanol–water partition coefficient (Wildman–Crippen LogP) is 1.41. The number of fused-ring (bicyclic) bond motifs is 1. The number of nitrogens with zero attached hydrogens (tertiary/aromatic N) is 4. The molecule has 0 unspecified atom stereocenters. The molecule has 0 aliphatic heterocycles. The van der Waals surface area contributed by atoms with E-state index in [9.17, 15) is 13.2 Å². The van der Waals surface area contributed by atoms with Crippen molar-refractivity contribution in [3.8, 4) is 11.3 Å². The molecular weight excluding hydrogens is 382 g/mol. The van der Waals surface area contributed by atoms with Crippen molar-refractivity contribution < 1.29 is 12.8 Å². The van der Waals surface area contributed by atoms with Gasteiger partial charge in [0.15, 0.2) is 5.58 Å². The highest BCUT2D eigenvalue weighted by Gasteiger charge is 2.17. The topological polar surface area (TPSA) is 112 Å². The second kappa shape index (κ2) is 6.73. The van der Waals surface area contributed by atoms with Crippen molar-refractivity contribution in [2.24, 2.45) is 14.1 Å². The van der Waals surface area contributed by atoms with Gasteiger partial charge < -0.3 is 4.42 Å². The monoisotopic (exact) mass is 399 g/mol. The van der Waals surface area contributed by atoms with Gasteiger partial charge in [0.1, 0.15) is 0 Å². The maximum absolute atomic E-state index is 12.7. The molecule has 0 aliphatic carbocycles. The Morgan fingerprint density at radius 3 is 2.75 bits per heavy atom. The molecule has 0 spiro atoms. The van der Waals surface area contributed by atoms with Gasteiger partial charge >= 0.3 is 5.76 Å². The molecule has 0 aliphatic rings. The van der Waals surface area contributed by atoms with E-state index < -0.39 is 15.8 Å². The fourth-order valence-corrected chi connectivity index (χ4v) is 3.87. The number of rotatable bonds is 5. The number of pyridine rings is 1. The van der Waals surface area contributed by atoms with Crippen molar-refractivity contribution in [1.29, 1.82) is 0 Å². The minimum atomic E-state index is -3.77. The summed E-state index contributed by atoms with van der Waals surface area (Å²) in [6, 6.07) is 7.84. The molecule has 0 saturated carbocycles. The van der Waals surface area contributed by atoms with Crippen LogP contribution in [-0.4, -0.2) is 27.7 Å². The van der Waals surface area contributed by atoms with Gasteiger partial charge in [-0.25, -0.2) is 17.9 Å². The van der Waals surface area contributed by atoms with Crippen LogP contribution in [0.1, 0.15) is 5.56 Å².